The summed E-state index contributed by atoms with van der Waals surface area (Å²) in [6.45, 7) is 3.62. The lowest BCUT2D eigenvalue weighted by molar-refractivity contribution is -0.876. The highest BCUT2D eigenvalue weighted by atomic mass is 32.1. The summed E-state index contributed by atoms with van der Waals surface area (Å²) in [5, 5.41) is 21.9. The number of primary amides is 1. The number of aryl methyl sites for hydroxylation is 1. The molecule has 6 aromatic rings. The van der Waals surface area contributed by atoms with E-state index in [-0.39, 0.29) is 22.8 Å². The van der Waals surface area contributed by atoms with E-state index in [2.05, 4.69) is 33.8 Å². The number of phenolic OH excluding ortho intramolecular Hbond substituents is 1. The molecule has 3 heterocycles. The van der Waals surface area contributed by atoms with Crippen LogP contribution in [-0.2, 0) is 0 Å². The van der Waals surface area contributed by atoms with Crippen LogP contribution in [0.15, 0.2) is 84.6 Å². The monoisotopic (exact) mass is 609 g/mol. The van der Waals surface area contributed by atoms with Crippen molar-refractivity contribution in [3.63, 3.8) is 0 Å². The largest absolute Gasteiger partial charge is 0.504 e. The maximum atomic E-state index is 13.3. The van der Waals surface area contributed by atoms with E-state index in [1.165, 1.54) is 52.1 Å². The van der Waals surface area contributed by atoms with Crippen LogP contribution < -0.4 is 25.9 Å². The summed E-state index contributed by atoms with van der Waals surface area (Å²) >= 11 is 2.70. The van der Waals surface area contributed by atoms with Crippen LogP contribution in [0.5, 0.6) is 11.5 Å². The van der Waals surface area contributed by atoms with E-state index in [0.29, 0.717) is 27.0 Å². The number of amides is 2. The van der Waals surface area contributed by atoms with Gasteiger partial charge < -0.3 is 21.5 Å². The van der Waals surface area contributed by atoms with E-state index in [1.54, 1.807) is 19.1 Å². The van der Waals surface area contributed by atoms with Crippen LogP contribution in [0.3, 0.4) is 0 Å². The molecule has 0 spiro atoms. The third kappa shape index (κ3) is 5.61. The Bertz CT molecular complexity index is 2010. The molecule has 0 saturated heterocycles. The number of carbonyl (C=O) groups excluding carboxylic acids is 2. The van der Waals surface area contributed by atoms with Gasteiger partial charge in [-0.3, -0.25) is 14.6 Å². The van der Waals surface area contributed by atoms with Gasteiger partial charge in [0.25, 0.3) is 5.91 Å². The van der Waals surface area contributed by atoms with Gasteiger partial charge in [-0.15, -0.1) is 22.7 Å². The van der Waals surface area contributed by atoms with Crippen LogP contribution in [0.4, 0.5) is 15.8 Å². The lowest BCUT2D eigenvalue weighted by atomic mass is 10.1. The number of fused-ring (bicyclic) bond motifs is 1. The van der Waals surface area contributed by atoms with Gasteiger partial charge in [-0.2, -0.15) is 0 Å². The van der Waals surface area contributed by atoms with Crippen molar-refractivity contribution in [2.45, 2.75) is 13.8 Å². The summed E-state index contributed by atoms with van der Waals surface area (Å²) in [7, 11) is 0. The molecule has 0 radical (unpaired) electrons. The molecule has 12 heteroatoms. The van der Waals surface area contributed by atoms with E-state index < -0.39 is 11.8 Å². The van der Waals surface area contributed by atoms with Crippen LogP contribution in [0.2, 0.25) is 0 Å². The first-order valence-corrected chi connectivity index (χ1v) is 14.8. The van der Waals surface area contributed by atoms with Crippen LogP contribution in [-0.4, -0.2) is 26.9 Å². The second kappa shape index (κ2) is 11.5. The van der Waals surface area contributed by atoms with E-state index in [0.717, 1.165) is 21.3 Å². The van der Waals surface area contributed by atoms with Gasteiger partial charge in [0.15, 0.2) is 10.9 Å². The molecule has 0 unspecified atom stereocenters. The molecular formula is C31H25N6O4S2+. The SMILES string of the molecule is Cc1sc(NC(=O)c2cncc[n+]2Oc2cc(-c3csc(Nc4cccc5ccccc45)n3)ccc2O)c(C(N)=O)c1C. The molecule has 0 aliphatic carbocycles. The third-order valence-corrected chi connectivity index (χ3v) is 8.68. The smallest absolute Gasteiger partial charge is 0.340 e. The predicted molar refractivity (Wildman–Crippen MR) is 167 cm³/mol. The zero-order valence-corrected chi connectivity index (χ0v) is 24.6. The Labute approximate surface area is 254 Å². The van der Waals surface area contributed by atoms with Crippen molar-refractivity contribution in [2.24, 2.45) is 5.73 Å². The highest BCUT2D eigenvalue weighted by Crippen LogP contribution is 2.35. The Kier molecular flexibility index (Phi) is 7.45. The minimum atomic E-state index is -0.633. The first kappa shape index (κ1) is 27.8. The molecule has 5 N–H and O–H groups in total. The number of nitrogens with one attached hydrogen (secondary N) is 2. The van der Waals surface area contributed by atoms with Crippen molar-refractivity contribution in [3.05, 3.63) is 106 Å². The number of phenols is 1. The lowest BCUT2D eigenvalue weighted by Crippen LogP contribution is -2.46. The van der Waals surface area contributed by atoms with Gasteiger partial charge in [-0.25, -0.2) is 9.82 Å². The zero-order valence-electron chi connectivity index (χ0n) is 23.0. The molecular weight excluding hydrogens is 585 g/mol. The number of nitrogens with two attached hydrogens (primary N) is 1. The Morgan fingerprint density at radius 1 is 1.07 bits per heavy atom. The highest BCUT2D eigenvalue weighted by molar-refractivity contribution is 7.17. The maximum absolute atomic E-state index is 13.3. The van der Waals surface area contributed by atoms with Gasteiger partial charge in [0.1, 0.15) is 11.2 Å². The molecule has 0 bridgehead atoms. The molecule has 0 aliphatic heterocycles. The van der Waals surface area contributed by atoms with E-state index in [9.17, 15) is 14.7 Å². The van der Waals surface area contributed by atoms with Crippen molar-refractivity contribution < 1.29 is 24.3 Å². The van der Waals surface area contributed by atoms with Gasteiger partial charge in [0.2, 0.25) is 11.9 Å². The second-order valence-electron chi connectivity index (χ2n) is 9.56. The number of aromatic hydroxyl groups is 1. The van der Waals surface area contributed by atoms with Gasteiger partial charge >= 0.3 is 11.6 Å². The number of aromatic nitrogens is 3. The number of hydrogen-bond acceptors (Lipinski definition) is 9. The topological polar surface area (TPSA) is 143 Å². The molecule has 3 aromatic carbocycles. The van der Waals surface area contributed by atoms with Gasteiger partial charge in [-0.1, -0.05) is 36.4 Å². The summed E-state index contributed by atoms with van der Waals surface area (Å²) in [6, 6.07) is 19.0. The van der Waals surface area contributed by atoms with Gasteiger partial charge in [0, 0.05) is 37.7 Å². The fraction of sp³-hybridized carbons (Fsp3) is 0.0645. The van der Waals surface area contributed by atoms with Gasteiger partial charge in [-0.05, 0) is 43.0 Å². The molecule has 0 saturated carbocycles. The van der Waals surface area contributed by atoms with Crippen molar-refractivity contribution in [2.75, 3.05) is 10.6 Å². The molecule has 6 rings (SSSR count). The zero-order chi connectivity index (χ0) is 30.1. The number of anilines is 3. The van der Waals surface area contributed by atoms with Crippen molar-refractivity contribution in [1.82, 2.24) is 9.97 Å². The number of thiophene rings is 1. The minimum absolute atomic E-state index is 0.0293. The third-order valence-electron chi connectivity index (χ3n) is 6.80. The van der Waals surface area contributed by atoms with Crippen molar-refractivity contribution in [3.8, 4) is 22.8 Å². The fourth-order valence-electron chi connectivity index (χ4n) is 4.53. The first-order chi connectivity index (χ1) is 20.8. The first-order valence-electron chi connectivity index (χ1n) is 13.1. The maximum Gasteiger partial charge on any atom is 0.340 e. The number of carbonyl (C=O) groups is 2. The highest BCUT2D eigenvalue weighted by Gasteiger charge is 2.27. The second-order valence-corrected chi connectivity index (χ2v) is 11.6. The van der Waals surface area contributed by atoms with Crippen LogP contribution in [0.1, 0.15) is 31.3 Å². The predicted octanol–water partition coefficient (Wildman–Crippen LogP) is 5.97. The number of benzene rings is 3. The minimum Gasteiger partial charge on any atom is -0.504 e. The Morgan fingerprint density at radius 2 is 1.88 bits per heavy atom. The molecule has 2 amide bonds. The van der Waals surface area contributed by atoms with Crippen LogP contribution >= 0.6 is 22.7 Å². The number of hydrogen-bond donors (Lipinski definition) is 4. The molecule has 214 valence electrons. The normalized spacial score (nSPS) is 10.9. The quantitative estimate of drug-likeness (QED) is 0.156. The lowest BCUT2D eigenvalue weighted by Gasteiger charge is -2.07. The summed E-state index contributed by atoms with van der Waals surface area (Å²) in [5.74, 6) is -1.24. The van der Waals surface area contributed by atoms with Crippen molar-refractivity contribution >= 4 is 61.1 Å². The average molecular weight is 610 g/mol. The standard InChI is InChI=1S/C31H24N6O4S2/c1-17-18(2)43-30(27(17)28(32)39)36-29(40)24-15-33-12-13-37(24)41-26-14-20(10-11-25(26)38)23-16-42-31(35-23)34-22-9-5-7-19-6-3-4-8-21(19)22/h3-16H,1-2H3,(H4-,32,34,35,36,38,39,40)/p+1. The molecule has 0 atom stereocenters. The summed E-state index contributed by atoms with van der Waals surface area (Å²) < 4.78 is 1.19. The summed E-state index contributed by atoms with van der Waals surface area (Å²) in [6.07, 6.45) is 4.20. The van der Waals surface area contributed by atoms with E-state index >= 15 is 0 Å². The number of thiazole rings is 1. The van der Waals surface area contributed by atoms with Gasteiger partial charge in [0.05, 0.1) is 17.5 Å². The van der Waals surface area contributed by atoms with Crippen LogP contribution in [0.25, 0.3) is 22.0 Å². The van der Waals surface area contributed by atoms with Crippen LogP contribution in [0, 0.1) is 13.8 Å². The Hall–Kier alpha value is -5.33. The molecule has 10 nitrogen and oxygen atoms in total. The molecule has 43 heavy (non-hydrogen) atoms. The number of nitrogens with zero attached hydrogens (tertiary/aromatic N) is 3. The molecule has 0 aliphatic rings. The fourth-order valence-corrected chi connectivity index (χ4v) is 6.33. The Balaban J connectivity index is 1.24. The summed E-state index contributed by atoms with van der Waals surface area (Å²) in [4.78, 5) is 40.9. The Morgan fingerprint density at radius 3 is 2.72 bits per heavy atom. The molecule has 0 fully saturated rings. The average Bonchev–Trinajstić information content (AvgIpc) is 3.58. The molecule has 3 aromatic heterocycles. The van der Waals surface area contributed by atoms with E-state index in [1.807, 2.05) is 36.6 Å². The van der Waals surface area contributed by atoms with Crippen molar-refractivity contribution in [1.29, 1.82) is 0 Å². The summed E-state index contributed by atoms with van der Waals surface area (Å²) in [5.41, 5.74) is 8.88. The number of rotatable bonds is 8. The van der Waals surface area contributed by atoms with E-state index in [4.69, 9.17) is 15.6 Å².